The van der Waals surface area contributed by atoms with Gasteiger partial charge < -0.3 is 4.84 Å². The topological polar surface area (TPSA) is 55.4 Å². The average molecular weight is 562 g/mol. The van der Waals surface area contributed by atoms with Crippen molar-refractivity contribution in [3.8, 4) is 0 Å². The Bertz CT molecular complexity index is 547. The third kappa shape index (κ3) is 32.6. The van der Waals surface area contributed by atoms with Crippen LogP contribution in [0.3, 0.4) is 0 Å². The first kappa shape index (κ1) is 38.4. The molecule has 0 fully saturated rings. The van der Waals surface area contributed by atoms with Crippen molar-refractivity contribution in [1.82, 2.24) is 5.48 Å². The Morgan fingerprint density at radius 3 is 1.18 bits per heavy atom. The summed E-state index contributed by atoms with van der Waals surface area (Å²) in [7, 11) is 0. The fourth-order valence-electron chi connectivity index (χ4n) is 4.91. The summed E-state index contributed by atoms with van der Waals surface area (Å²) in [5.41, 5.74) is 2.33. The zero-order chi connectivity index (χ0) is 29.2. The Balaban J connectivity index is 3.36. The summed E-state index contributed by atoms with van der Waals surface area (Å²) < 4.78 is 0. The van der Waals surface area contributed by atoms with Crippen molar-refractivity contribution in [3.05, 3.63) is 24.3 Å². The number of unbranched alkanes of at least 4 members (excludes halogenated alkanes) is 22. The monoisotopic (exact) mass is 562 g/mol. The van der Waals surface area contributed by atoms with Crippen LogP contribution in [-0.4, -0.2) is 11.9 Å². The second kappa shape index (κ2) is 33.6. The molecule has 0 aliphatic carbocycles. The first-order chi connectivity index (χ1) is 19.7. The molecule has 4 nitrogen and oxygen atoms in total. The number of carbonyl (C=O) groups excluding carboxylic acids is 2. The molecule has 40 heavy (non-hydrogen) atoms. The third-order valence-electron chi connectivity index (χ3n) is 7.59. The summed E-state index contributed by atoms with van der Waals surface area (Å²) in [5.74, 6) is -0.508. The lowest BCUT2D eigenvalue weighted by atomic mass is 10.1. The zero-order valence-corrected chi connectivity index (χ0v) is 26.8. The van der Waals surface area contributed by atoms with Crippen LogP contribution in [0.4, 0.5) is 0 Å². The van der Waals surface area contributed by atoms with E-state index >= 15 is 0 Å². The van der Waals surface area contributed by atoms with Crippen LogP contribution in [0.2, 0.25) is 0 Å². The van der Waals surface area contributed by atoms with Gasteiger partial charge in [0.25, 0.3) is 5.91 Å². The van der Waals surface area contributed by atoms with Crippen LogP contribution < -0.4 is 5.48 Å². The molecule has 4 heteroatoms. The van der Waals surface area contributed by atoms with Crippen LogP contribution >= 0.6 is 0 Å². The molecule has 0 radical (unpaired) electrons. The standard InChI is InChI=1S/C36H67NO3/c1-3-5-7-9-11-13-15-17-19-21-23-25-27-29-31-33-35(38)37-40-36(39)34-32-30-28-26-24-22-20-18-16-14-12-10-8-6-4-2/h17-20H,3-16,21-34H2,1-2H3,(H,37,38). The highest BCUT2D eigenvalue weighted by Gasteiger charge is 2.06. The second-order valence-electron chi connectivity index (χ2n) is 11.7. The van der Waals surface area contributed by atoms with Gasteiger partial charge in [-0.3, -0.25) is 4.79 Å². The summed E-state index contributed by atoms with van der Waals surface area (Å²) in [4.78, 5) is 28.7. The molecule has 0 aromatic heterocycles. The number of amides is 1. The van der Waals surface area contributed by atoms with E-state index in [0.717, 1.165) is 38.5 Å². The lowest BCUT2D eigenvalue weighted by Gasteiger charge is -2.06. The highest BCUT2D eigenvalue weighted by molar-refractivity contribution is 5.77. The van der Waals surface area contributed by atoms with Crippen LogP contribution in [0.5, 0.6) is 0 Å². The number of allylic oxidation sites excluding steroid dienone is 4. The van der Waals surface area contributed by atoms with E-state index in [2.05, 4.69) is 43.6 Å². The smallest absolute Gasteiger partial charge is 0.332 e. The minimum atomic E-state index is -0.324. The molecule has 1 N–H and O–H groups in total. The number of hydroxylamine groups is 1. The zero-order valence-electron chi connectivity index (χ0n) is 26.8. The van der Waals surface area contributed by atoms with Gasteiger partial charge in [-0.05, 0) is 64.2 Å². The Morgan fingerprint density at radius 2 is 0.775 bits per heavy atom. The maximum atomic E-state index is 11.9. The fourth-order valence-corrected chi connectivity index (χ4v) is 4.91. The number of hydrogen-bond donors (Lipinski definition) is 1. The Morgan fingerprint density at radius 1 is 0.450 bits per heavy atom. The van der Waals surface area contributed by atoms with E-state index < -0.39 is 0 Å². The van der Waals surface area contributed by atoms with E-state index in [-0.39, 0.29) is 11.9 Å². The van der Waals surface area contributed by atoms with Crippen molar-refractivity contribution in [1.29, 1.82) is 0 Å². The summed E-state index contributed by atoms with van der Waals surface area (Å²) in [6.45, 7) is 4.53. The Labute approximate surface area is 249 Å². The SMILES string of the molecule is CCCCCCCCC=CCCCCCCCC(=O)NOC(=O)CCCCCCCC=CCCCCCCCC. The molecule has 0 unspecified atom stereocenters. The van der Waals surface area contributed by atoms with Gasteiger partial charge in [0.05, 0.1) is 0 Å². The third-order valence-corrected chi connectivity index (χ3v) is 7.59. The largest absolute Gasteiger partial charge is 0.341 e. The summed E-state index contributed by atoms with van der Waals surface area (Å²) >= 11 is 0. The summed E-state index contributed by atoms with van der Waals surface area (Å²) in [6.07, 6.45) is 42.3. The molecule has 0 saturated heterocycles. The molecule has 0 heterocycles. The predicted octanol–water partition coefficient (Wildman–Crippen LogP) is 11.6. The van der Waals surface area contributed by atoms with Crippen LogP contribution in [0, 0.1) is 0 Å². The summed E-state index contributed by atoms with van der Waals surface area (Å²) in [6, 6.07) is 0. The molecule has 0 saturated carbocycles. The van der Waals surface area contributed by atoms with E-state index in [1.807, 2.05) is 0 Å². The van der Waals surface area contributed by atoms with E-state index in [4.69, 9.17) is 4.84 Å². The van der Waals surface area contributed by atoms with Crippen LogP contribution in [-0.2, 0) is 14.4 Å². The van der Waals surface area contributed by atoms with Gasteiger partial charge in [0.15, 0.2) is 0 Å². The number of rotatable bonds is 30. The van der Waals surface area contributed by atoms with Crippen LogP contribution in [0.15, 0.2) is 24.3 Å². The van der Waals surface area contributed by atoms with E-state index in [0.29, 0.717) is 12.8 Å². The molecular weight excluding hydrogens is 494 g/mol. The van der Waals surface area contributed by atoms with Crippen LogP contribution in [0.1, 0.15) is 194 Å². The minimum Gasteiger partial charge on any atom is -0.341 e. The molecule has 1 amide bonds. The van der Waals surface area contributed by atoms with Crippen molar-refractivity contribution >= 4 is 11.9 Å². The van der Waals surface area contributed by atoms with Gasteiger partial charge in [-0.1, -0.05) is 141 Å². The molecule has 234 valence electrons. The lowest BCUT2D eigenvalue weighted by molar-refractivity contribution is -0.158. The van der Waals surface area contributed by atoms with Gasteiger partial charge in [0.1, 0.15) is 0 Å². The Hall–Kier alpha value is -1.58. The fraction of sp³-hybridized carbons (Fsp3) is 0.833. The average Bonchev–Trinajstić information content (AvgIpc) is 2.96. The van der Waals surface area contributed by atoms with Gasteiger partial charge in [-0.2, -0.15) is 5.48 Å². The van der Waals surface area contributed by atoms with Gasteiger partial charge in [0, 0.05) is 12.8 Å². The second-order valence-corrected chi connectivity index (χ2v) is 11.7. The maximum Gasteiger partial charge on any atom is 0.332 e. The molecular formula is C36H67NO3. The molecule has 0 atom stereocenters. The molecule has 0 aliphatic heterocycles. The molecule has 0 rings (SSSR count). The quantitative estimate of drug-likeness (QED) is 0.0539. The van der Waals surface area contributed by atoms with E-state index in [1.54, 1.807) is 0 Å². The minimum absolute atomic E-state index is 0.185. The Kier molecular flexibility index (Phi) is 32.3. The van der Waals surface area contributed by atoms with Crippen molar-refractivity contribution in [2.75, 3.05) is 0 Å². The summed E-state index contributed by atoms with van der Waals surface area (Å²) in [5, 5.41) is 0. The molecule has 0 spiro atoms. The lowest BCUT2D eigenvalue weighted by Crippen LogP contribution is -2.26. The van der Waals surface area contributed by atoms with Gasteiger partial charge >= 0.3 is 5.97 Å². The number of nitrogens with one attached hydrogen (secondary N) is 1. The van der Waals surface area contributed by atoms with Crippen molar-refractivity contribution in [3.63, 3.8) is 0 Å². The first-order valence-corrected chi connectivity index (χ1v) is 17.5. The molecule has 0 aromatic rings. The molecule has 0 aromatic carbocycles. The van der Waals surface area contributed by atoms with Crippen molar-refractivity contribution in [2.45, 2.75) is 194 Å². The van der Waals surface area contributed by atoms with Gasteiger partial charge in [0.2, 0.25) is 0 Å². The highest BCUT2D eigenvalue weighted by Crippen LogP contribution is 2.12. The van der Waals surface area contributed by atoms with Gasteiger partial charge in [-0.25, -0.2) is 4.79 Å². The molecule has 0 aliphatic rings. The maximum absolute atomic E-state index is 11.9. The highest BCUT2D eigenvalue weighted by atomic mass is 16.7. The van der Waals surface area contributed by atoms with Crippen molar-refractivity contribution in [2.24, 2.45) is 0 Å². The first-order valence-electron chi connectivity index (χ1n) is 17.5. The van der Waals surface area contributed by atoms with Crippen LogP contribution in [0.25, 0.3) is 0 Å². The molecule has 0 bridgehead atoms. The predicted molar refractivity (Wildman–Crippen MR) is 173 cm³/mol. The normalized spacial score (nSPS) is 11.6. The van der Waals surface area contributed by atoms with E-state index in [1.165, 1.54) is 128 Å². The van der Waals surface area contributed by atoms with E-state index in [9.17, 15) is 9.59 Å². The number of hydrogen-bond acceptors (Lipinski definition) is 3. The van der Waals surface area contributed by atoms with Crippen molar-refractivity contribution < 1.29 is 14.4 Å². The van der Waals surface area contributed by atoms with Gasteiger partial charge in [-0.15, -0.1) is 0 Å². The number of carbonyl (C=O) groups is 2.